The zero-order valence-electron chi connectivity index (χ0n) is 24.9. The third-order valence-corrected chi connectivity index (χ3v) is 13.7. The standard InChI is InChI=1S/C42H32N2Si/c1-6-18-33(19-7-1)43(34-20-8-2-9-21-34)36-30-31-40-42(32-36)45(37-24-12-4-13-25-37,38-26-14-5-15-27-38)41-29-17-16-28-39(41)44(40)35-22-10-3-11-23-35/h1-32H. The molecule has 8 rings (SSSR count). The molecule has 1 aliphatic heterocycles. The van der Waals surface area contributed by atoms with Crippen LogP contribution in [0.5, 0.6) is 0 Å². The summed E-state index contributed by atoms with van der Waals surface area (Å²) in [5, 5.41) is 5.51. The van der Waals surface area contributed by atoms with E-state index in [9.17, 15) is 0 Å². The Balaban J connectivity index is 1.50. The number of anilines is 6. The molecule has 0 saturated carbocycles. The number of fused-ring (bicyclic) bond motifs is 2. The molecule has 0 radical (unpaired) electrons. The fourth-order valence-electron chi connectivity index (χ4n) is 7.04. The van der Waals surface area contributed by atoms with E-state index >= 15 is 0 Å². The highest BCUT2D eigenvalue weighted by molar-refractivity contribution is 7.21. The molecule has 1 aliphatic rings. The average molecular weight is 593 g/mol. The van der Waals surface area contributed by atoms with E-state index in [1.807, 2.05) is 0 Å². The van der Waals surface area contributed by atoms with Gasteiger partial charge in [0.2, 0.25) is 0 Å². The first-order chi connectivity index (χ1) is 22.4. The van der Waals surface area contributed by atoms with Crippen LogP contribution in [0.3, 0.4) is 0 Å². The normalized spacial score (nSPS) is 13.0. The molecule has 7 aromatic rings. The molecule has 0 spiro atoms. The van der Waals surface area contributed by atoms with Gasteiger partial charge in [0.05, 0.1) is 0 Å². The lowest BCUT2D eigenvalue weighted by molar-refractivity contribution is 1.26. The largest absolute Gasteiger partial charge is 0.311 e. The summed E-state index contributed by atoms with van der Waals surface area (Å²) in [6.45, 7) is 0. The molecule has 0 N–H and O–H groups in total. The molecular weight excluding hydrogens is 561 g/mol. The van der Waals surface area contributed by atoms with E-state index in [4.69, 9.17) is 0 Å². The molecule has 7 aromatic carbocycles. The summed E-state index contributed by atoms with van der Waals surface area (Å²) >= 11 is 0. The summed E-state index contributed by atoms with van der Waals surface area (Å²) in [5.41, 5.74) is 7.03. The fraction of sp³-hybridized carbons (Fsp3) is 0. The van der Waals surface area contributed by atoms with Gasteiger partial charge >= 0.3 is 0 Å². The fourth-order valence-corrected chi connectivity index (χ4v) is 12.2. The molecule has 0 unspecified atom stereocenters. The smallest absolute Gasteiger partial charge is 0.184 e. The van der Waals surface area contributed by atoms with Crippen molar-refractivity contribution in [2.75, 3.05) is 9.80 Å². The highest BCUT2D eigenvalue weighted by Gasteiger charge is 2.49. The molecular formula is C42H32N2Si. The lowest BCUT2D eigenvalue weighted by Crippen LogP contribution is -2.77. The maximum absolute atomic E-state index is 2.80. The maximum Gasteiger partial charge on any atom is 0.184 e. The minimum atomic E-state index is -2.80. The predicted octanol–water partition coefficient (Wildman–Crippen LogP) is 8.32. The molecule has 1 heterocycles. The number of nitrogens with zero attached hydrogens (tertiary/aromatic N) is 2. The molecule has 0 bridgehead atoms. The van der Waals surface area contributed by atoms with Crippen LogP contribution in [0, 0.1) is 0 Å². The second kappa shape index (κ2) is 11.5. The summed E-state index contributed by atoms with van der Waals surface area (Å²) < 4.78 is 0. The van der Waals surface area contributed by atoms with E-state index in [0.29, 0.717) is 0 Å². The first-order valence-corrected chi connectivity index (χ1v) is 17.5. The first kappa shape index (κ1) is 26.9. The lowest BCUT2D eigenvalue weighted by atomic mass is 10.1. The Morgan fingerprint density at radius 3 is 1.36 bits per heavy atom. The van der Waals surface area contributed by atoms with E-state index in [1.165, 1.54) is 32.1 Å². The summed E-state index contributed by atoms with van der Waals surface area (Å²) in [6.07, 6.45) is 0. The molecule has 0 aromatic heterocycles. The highest BCUT2D eigenvalue weighted by atomic mass is 28.3. The minimum absolute atomic E-state index is 1.13. The Morgan fingerprint density at radius 1 is 0.356 bits per heavy atom. The van der Waals surface area contributed by atoms with E-state index < -0.39 is 8.07 Å². The van der Waals surface area contributed by atoms with Gasteiger partial charge < -0.3 is 9.80 Å². The zero-order valence-corrected chi connectivity index (χ0v) is 25.9. The molecule has 0 aliphatic carbocycles. The highest BCUT2D eigenvalue weighted by Crippen LogP contribution is 2.41. The Labute approximate surface area is 266 Å². The van der Waals surface area contributed by atoms with Crippen LogP contribution in [-0.4, -0.2) is 8.07 Å². The Bertz CT molecular complexity index is 1970. The summed E-state index contributed by atoms with van der Waals surface area (Å²) in [4.78, 5) is 4.84. The zero-order chi connectivity index (χ0) is 30.1. The monoisotopic (exact) mass is 592 g/mol. The quantitative estimate of drug-likeness (QED) is 0.179. The summed E-state index contributed by atoms with van der Waals surface area (Å²) in [6, 6.07) is 70.8. The van der Waals surface area contributed by atoms with Crippen LogP contribution >= 0.6 is 0 Å². The van der Waals surface area contributed by atoms with Crippen LogP contribution in [0.15, 0.2) is 194 Å². The molecule has 45 heavy (non-hydrogen) atoms. The summed E-state index contributed by atoms with van der Waals surface area (Å²) in [7, 11) is -2.80. The van der Waals surface area contributed by atoms with Crippen molar-refractivity contribution >= 4 is 62.9 Å². The molecule has 0 fully saturated rings. The van der Waals surface area contributed by atoms with Crippen LogP contribution in [0.25, 0.3) is 0 Å². The Hall–Kier alpha value is -5.64. The molecule has 214 valence electrons. The van der Waals surface area contributed by atoms with Crippen LogP contribution in [0.1, 0.15) is 0 Å². The van der Waals surface area contributed by atoms with E-state index in [0.717, 1.165) is 22.7 Å². The molecule has 0 amide bonds. The Kier molecular flexibility index (Phi) is 6.86. The molecule has 2 nitrogen and oxygen atoms in total. The predicted molar refractivity (Wildman–Crippen MR) is 193 cm³/mol. The second-order valence-electron chi connectivity index (χ2n) is 11.4. The molecule has 3 heteroatoms. The first-order valence-electron chi connectivity index (χ1n) is 15.5. The summed E-state index contributed by atoms with van der Waals surface area (Å²) in [5.74, 6) is 0. The van der Waals surface area contributed by atoms with Crippen molar-refractivity contribution in [2.45, 2.75) is 0 Å². The van der Waals surface area contributed by atoms with Crippen molar-refractivity contribution in [1.82, 2.24) is 0 Å². The van der Waals surface area contributed by atoms with Crippen molar-refractivity contribution in [1.29, 1.82) is 0 Å². The van der Waals surface area contributed by atoms with Crippen LogP contribution in [-0.2, 0) is 0 Å². The van der Waals surface area contributed by atoms with Crippen LogP contribution < -0.4 is 30.5 Å². The lowest BCUT2D eigenvalue weighted by Gasteiger charge is -2.45. The van der Waals surface area contributed by atoms with Crippen molar-refractivity contribution in [3.8, 4) is 0 Å². The van der Waals surface area contributed by atoms with Gasteiger partial charge in [-0.15, -0.1) is 0 Å². The van der Waals surface area contributed by atoms with E-state index in [2.05, 4.69) is 204 Å². The van der Waals surface area contributed by atoms with Gasteiger partial charge in [0.15, 0.2) is 8.07 Å². The number of para-hydroxylation sites is 4. The third kappa shape index (κ3) is 4.48. The second-order valence-corrected chi connectivity index (χ2v) is 15.1. The van der Waals surface area contributed by atoms with Crippen molar-refractivity contribution < 1.29 is 0 Å². The SMILES string of the molecule is c1ccc(N(c2ccccc2)c2ccc3c(c2)[Si](c2ccccc2)(c2ccccc2)c2ccccc2N3c2ccccc2)cc1. The number of benzene rings is 7. The van der Waals surface area contributed by atoms with Gasteiger partial charge in [-0.1, -0.05) is 133 Å². The topological polar surface area (TPSA) is 6.48 Å². The van der Waals surface area contributed by atoms with Crippen molar-refractivity contribution in [3.63, 3.8) is 0 Å². The van der Waals surface area contributed by atoms with Gasteiger partial charge in [0, 0.05) is 34.1 Å². The number of rotatable bonds is 6. The van der Waals surface area contributed by atoms with Crippen molar-refractivity contribution in [3.05, 3.63) is 194 Å². The minimum Gasteiger partial charge on any atom is -0.311 e. The van der Waals surface area contributed by atoms with Gasteiger partial charge in [-0.25, -0.2) is 0 Å². The van der Waals surface area contributed by atoms with E-state index in [-0.39, 0.29) is 0 Å². The molecule has 0 saturated heterocycles. The van der Waals surface area contributed by atoms with Gasteiger partial charge in [0.25, 0.3) is 0 Å². The van der Waals surface area contributed by atoms with Crippen LogP contribution in [0.4, 0.5) is 34.1 Å². The number of hydrogen-bond acceptors (Lipinski definition) is 2. The molecule has 0 atom stereocenters. The van der Waals surface area contributed by atoms with Gasteiger partial charge in [0.1, 0.15) is 0 Å². The van der Waals surface area contributed by atoms with Gasteiger partial charge in [-0.3, -0.25) is 0 Å². The third-order valence-electron chi connectivity index (χ3n) is 8.89. The van der Waals surface area contributed by atoms with Crippen molar-refractivity contribution in [2.24, 2.45) is 0 Å². The van der Waals surface area contributed by atoms with Gasteiger partial charge in [-0.05, 0) is 81.4 Å². The maximum atomic E-state index is 2.48. The Morgan fingerprint density at radius 2 is 0.800 bits per heavy atom. The average Bonchev–Trinajstić information content (AvgIpc) is 3.13. The number of hydrogen-bond donors (Lipinski definition) is 0. The van der Waals surface area contributed by atoms with Crippen LogP contribution in [0.2, 0.25) is 0 Å². The van der Waals surface area contributed by atoms with E-state index in [1.54, 1.807) is 0 Å². The van der Waals surface area contributed by atoms with Gasteiger partial charge in [-0.2, -0.15) is 0 Å².